The quantitative estimate of drug-likeness (QED) is 0.329. The second-order valence-electron chi connectivity index (χ2n) is 4.45. The molecule has 0 saturated carbocycles. The van der Waals surface area contributed by atoms with Gasteiger partial charge >= 0.3 is 5.69 Å². The van der Waals surface area contributed by atoms with Crippen molar-refractivity contribution in [3.63, 3.8) is 0 Å². The predicted molar refractivity (Wildman–Crippen MR) is 68.0 cm³/mol. The molecular weight excluding hydrogens is 286 g/mol. The smallest absolute Gasteiger partial charge is 0.325 e. The number of nitrogens with one attached hydrogen (secondary N) is 3. The molecule has 2 rings (SSSR count). The number of rotatable bonds is 3. The van der Waals surface area contributed by atoms with Crippen LogP contribution in [0.3, 0.4) is 0 Å². The highest BCUT2D eigenvalue weighted by Crippen LogP contribution is 1.97. The lowest BCUT2D eigenvalue weighted by Crippen LogP contribution is -3.00. The average Bonchev–Trinajstić information content (AvgIpc) is 2.85. The van der Waals surface area contributed by atoms with E-state index in [1.54, 1.807) is 6.92 Å². The Morgan fingerprint density at radius 3 is 2.80 bits per heavy atom. The lowest BCUT2D eigenvalue weighted by Gasteiger charge is -2.04. The molecule has 1 atom stereocenters. The number of nitrogens with zero attached hydrogens (tertiary/aromatic N) is 1. The summed E-state index contributed by atoms with van der Waals surface area (Å²) < 4.78 is 0. The van der Waals surface area contributed by atoms with Crippen molar-refractivity contribution in [2.24, 2.45) is 5.10 Å². The molecule has 1 aliphatic rings. The summed E-state index contributed by atoms with van der Waals surface area (Å²) in [4.78, 5) is 38.7. The van der Waals surface area contributed by atoms with Crippen LogP contribution in [0.15, 0.2) is 14.7 Å². The minimum Gasteiger partial charge on any atom is -1.00 e. The molecule has 0 spiro atoms. The van der Waals surface area contributed by atoms with Gasteiger partial charge in [-0.1, -0.05) is 0 Å². The van der Waals surface area contributed by atoms with Gasteiger partial charge in [-0.25, -0.2) is 10.2 Å². The number of halogens is 1. The van der Waals surface area contributed by atoms with E-state index in [0.717, 1.165) is 19.4 Å². The lowest BCUT2D eigenvalue weighted by atomic mass is 10.2. The fraction of sp³-hybridized carbons (Fsp3) is 0.455. The van der Waals surface area contributed by atoms with Crippen LogP contribution < -0.4 is 34.4 Å². The maximum Gasteiger partial charge on any atom is 0.325 e. The van der Waals surface area contributed by atoms with E-state index in [4.69, 9.17) is 0 Å². The Labute approximate surface area is 120 Å². The molecule has 110 valence electrons. The maximum atomic E-state index is 11.7. The highest BCUT2D eigenvalue weighted by Gasteiger charge is 2.25. The first-order valence-electron chi connectivity index (χ1n) is 6.07. The molecule has 0 aromatic carbocycles. The summed E-state index contributed by atoms with van der Waals surface area (Å²) in [6, 6.07) is -0.105. The molecule has 1 aromatic heterocycles. The Morgan fingerprint density at radius 2 is 2.20 bits per heavy atom. The molecule has 1 amide bonds. The first-order chi connectivity index (χ1) is 9.08. The van der Waals surface area contributed by atoms with Gasteiger partial charge in [-0.3, -0.25) is 14.6 Å². The van der Waals surface area contributed by atoms with Gasteiger partial charge in [0.25, 0.3) is 11.5 Å². The fourth-order valence-corrected chi connectivity index (χ4v) is 2.02. The third-order valence-corrected chi connectivity index (χ3v) is 3.05. The molecule has 0 aliphatic carbocycles. The van der Waals surface area contributed by atoms with Crippen LogP contribution in [0.4, 0.5) is 0 Å². The number of quaternary nitrogens is 1. The number of nitrogens with two attached hydrogens (primary N) is 1. The number of aromatic nitrogens is 2. The molecule has 0 radical (unpaired) electrons. The minimum atomic E-state index is -0.566. The topological polar surface area (TPSA) is 124 Å². The van der Waals surface area contributed by atoms with Crippen molar-refractivity contribution in [1.82, 2.24) is 15.4 Å². The Kier molecular flexibility index (Phi) is 5.66. The molecular formula is C11H16ClN5O3. The van der Waals surface area contributed by atoms with Gasteiger partial charge in [0.15, 0.2) is 6.04 Å². The largest absolute Gasteiger partial charge is 1.00 e. The van der Waals surface area contributed by atoms with E-state index in [0.29, 0.717) is 5.69 Å². The van der Waals surface area contributed by atoms with Gasteiger partial charge in [0.2, 0.25) is 0 Å². The van der Waals surface area contributed by atoms with E-state index in [1.807, 2.05) is 5.32 Å². The van der Waals surface area contributed by atoms with E-state index in [2.05, 4.69) is 20.5 Å². The maximum absolute atomic E-state index is 11.7. The van der Waals surface area contributed by atoms with Crippen LogP contribution in [0.1, 0.15) is 24.1 Å². The van der Waals surface area contributed by atoms with Crippen molar-refractivity contribution < 1.29 is 22.5 Å². The van der Waals surface area contributed by atoms with Gasteiger partial charge in [0.05, 0.1) is 18.3 Å². The Hall–Kier alpha value is -1.93. The van der Waals surface area contributed by atoms with Gasteiger partial charge in [0.1, 0.15) is 0 Å². The van der Waals surface area contributed by atoms with Crippen LogP contribution in [0.25, 0.3) is 0 Å². The van der Waals surface area contributed by atoms with E-state index in [1.165, 1.54) is 6.21 Å². The number of hydrazone groups is 1. The van der Waals surface area contributed by atoms with E-state index in [9.17, 15) is 14.4 Å². The number of carbonyl (C=O) groups excluding carboxylic acids is 1. The standard InChI is InChI=1S/C11H15N5O3.ClH/c1-6-7(9(17)15-11(19)14-6)5-13-16-10(18)8-3-2-4-12-8;/h5,8,12H,2-4H2,1H3,(H,16,18)(H2,14,15,17,19);1H/b13-5+;/t8-;/m0./s1. The summed E-state index contributed by atoms with van der Waals surface area (Å²) in [7, 11) is 0. The van der Waals surface area contributed by atoms with Crippen LogP contribution >= 0.6 is 0 Å². The monoisotopic (exact) mass is 301 g/mol. The van der Waals surface area contributed by atoms with Crippen LogP contribution in [-0.2, 0) is 4.79 Å². The Bertz CT molecular complexity index is 615. The molecule has 8 nitrogen and oxygen atoms in total. The van der Waals surface area contributed by atoms with Crippen molar-refractivity contribution in [3.05, 3.63) is 32.1 Å². The van der Waals surface area contributed by atoms with Gasteiger partial charge < -0.3 is 22.7 Å². The average molecular weight is 302 g/mol. The fourth-order valence-electron chi connectivity index (χ4n) is 2.02. The highest BCUT2D eigenvalue weighted by molar-refractivity contribution is 5.84. The summed E-state index contributed by atoms with van der Waals surface area (Å²) in [5, 5.41) is 5.71. The van der Waals surface area contributed by atoms with Crippen molar-refractivity contribution >= 4 is 12.1 Å². The summed E-state index contributed by atoms with van der Waals surface area (Å²) in [5.74, 6) is -0.174. The number of H-pyrrole nitrogens is 2. The number of aromatic amines is 2. The van der Waals surface area contributed by atoms with Gasteiger partial charge in [-0.15, -0.1) is 0 Å². The van der Waals surface area contributed by atoms with E-state index < -0.39 is 11.2 Å². The number of hydrogen-bond acceptors (Lipinski definition) is 4. The molecule has 0 unspecified atom stereocenters. The van der Waals surface area contributed by atoms with E-state index >= 15 is 0 Å². The number of hydrogen-bond donors (Lipinski definition) is 4. The van der Waals surface area contributed by atoms with Gasteiger partial charge in [-0.05, 0) is 6.92 Å². The van der Waals surface area contributed by atoms with Gasteiger partial charge in [0, 0.05) is 18.5 Å². The van der Waals surface area contributed by atoms with Crippen molar-refractivity contribution in [2.75, 3.05) is 6.54 Å². The summed E-state index contributed by atoms with van der Waals surface area (Å²) in [6.45, 7) is 2.53. The van der Waals surface area contributed by atoms with E-state index in [-0.39, 0.29) is 29.9 Å². The summed E-state index contributed by atoms with van der Waals surface area (Å²) in [6.07, 6.45) is 3.08. The molecule has 20 heavy (non-hydrogen) atoms. The molecule has 5 N–H and O–H groups in total. The van der Waals surface area contributed by atoms with Crippen LogP contribution in [0, 0.1) is 6.92 Å². The SMILES string of the molecule is Cc1[nH]c(=O)[nH]c(=O)c1/C=N/NC(=O)[C@@H]1CCC[NH2+]1.[Cl-]. The Balaban J connectivity index is 0.00000200. The number of carbonyl (C=O) groups is 1. The molecule has 0 bridgehead atoms. The Morgan fingerprint density at radius 1 is 1.45 bits per heavy atom. The molecule has 2 heterocycles. The number of aryl methyl sites for hydroxylation is 1. The first-order valence-corrected chi connectivity index (χ1v) is 6.07. The molecule has 1 fully saturated rings. The van der Waals surface area contributed by atoms with Gasteiger partial charge in [-0.2, -0.15) is 5.10 Å². The van der Waals surface area contributed by atoms with Crippen LogP contribution in [0.5, 0.6) is 0 Å². The normalized spacial score (nSPS) is 17.9. The zero-order chi connectivity index (χ0) is 13.8. The summed E-state index contributed by atoms with van der Waals surface area (Å²) in [5.41, 5.74) is 1.92. The molecule has 9 heteroatoms. The molecule has 1 aromatic rings. The third-order valence-electron chi connectivity index (χ3n) is 3.05. The predicted octanol–water partition coefficient (Wildman–Crippen LogP) is -5.45. The summed E-state index contributed by atoms with van der Waals surface area (Å²) >= 11 is 0. The van der Waals surface area contributed by atoms with Crippen molar-refractivity contribution in [1.29, 1.82) is 0 Å². The van der Waals surface area contributed by atoms with Crippen molar-refractivity contribution in [3.8, 4) is 0 Å². The second-order valence-corrected chi connectivity index (χ2v) is 4.45. The first kappa shape index (κ1) is 16.1. The lowest BCUT2D eigenvalue weighted by molar-refractivity contribution is -0.657. The zero-order valence-electron chi connectivity index (χ0n) is 10.9. The third kappa shape index (κ3) is 3.78. The number of amides is 1. The van der Waals surface area contributed by atoms with Crippen LogP contribution in [0.2, 0.25) is 0 Å². The van der Waals surface area contributed by atoms with Crippen molar-refractivity contribution in [2.45, 2.75) is 25.8 Å². The molecule has 1 aliphatic heterocycles. The minimum absolute atomic E-state index is 0. The van der Waals surface area contributed by atoms with Crippen LogP contribution in [-0.4, -0.2) is 34.7 Å². The molecule has 1 saturated heterocycles. The zero-order valence-corrected chi connectivity index (χ0v) is 11.7. The second kappa shape index (κ2) is 7.01. The highest BCUT2D eigenvalue weighted by atomic mass is 35.5.